The highest BCUT2D eigenvalue weighted by Gasteiger charge is 2.23. The Bertz CT molecular complexity index is 641. The molecule has 2 aromatic carbocycles. The summed E-state index contributed by atoms with van der Waals surface area (Å²) in [6.45, 7) is 2.72. The van der Waals surface area contributed by atoms with Crippen molar-refractivity contribution in [3.05, 3.63) is 48.0 Å². The van der Waals surface area contributed by atoms with Gasteiger partial charge in [0.15, 0.2) is 0 Å². The molecule has 3 heteroatoms. The van der Waals surface area contributed by atoms with E-state index in [-0.39, 0.29) is 5.92 Å². The highest BCUT2D eigenvalue weighted by atomic mass is 16.2. The van der Waals surface area contributed by atoms with Crippen molar-refractivity contribution in [3.63, 3.8) is 0 Å². The molecule has 3 nitrogen and oxygen atoms in total. The van der Waals surface area contributed by atoms with E-state index < -0.39 is 0 Å². The lowest BCUT2D eigenvalue weighted by atomic mass is 9.96. The summed E-state index contributed by atoms with van der Waals surface area (Å²) < 4.78 is 0. The second kappa shape index (κ2) is 6.93. The number of rotatable bonds is 4. The van der Waals surface area contributed by atoms with E-state index in [1.165, 1.54) is 16.3 Å². The van der Waals surface area contributed by atoms with Crippen LogP contribution in [0.2, 0.25) is 0 Å². The topological polar surface area (TPSA) is 32.3 Å². The number of hydrogen-bond donors (Lipinski definition) is 1. The van der Waals surface area contributed by atoms with Crippen molar-refractivity contribution in [1.82, 2.24) is 10.2 Å². The predicted octanol–water partition coefficient (Wildman–Crippen LogP) is 2.84. The van der Waals surface area contributed by atoms with Crippen LogP contribution in [0, 0.1) is 5.92 Å². The van der Waals surface area contributed by atoms with Crippen LogP contribution in [-0.2, 0) is 11.2 Å². The summed E-state index contributed by atoms with van der Waals surface area (Å²) in [6.07, 6.45) is 2.85. The Labute approximate surface area is 132 Å². The summed E-state index contributed by atoms with van der Waals surface area (Å²) >= 11 is 0. The Balaban J connectivity index is 1.64. The zero-order chi connectivity index (χ0) is 15.4. The lowest BCUT2D eigenvalue weighted by Crippen LogP contribution is -2.39. The van der Waals surface area contributed by atoms with Crippen LogP contribution in [0.4, 0.5) is 0 Å². The first-order valence-electron chi connectivity index (χ1n) is 8.18. The molecule has 1 N–H and O–H groups in total. The standard InChI is InChI=1S/C19H24N2O/c1-21(19(22)17-9-12-20-13-10-17)14-11-16-7-4-6-15-5-2-3-8-18(15)16/h2-8,17,20H,9-14H2,1H3. The molecule has 1 aliphatic heterocycles. The maximum absolute atomic E-state index is 12.5. The van der Waals surface area contributed by atoms with Crippen LogP contribution in [0.5, 0.6) is 0 Å². The van der Waals surface area contributed by atoms with Gasteiger partial charge in [0.25, 0.3) is 0 Å². The fourth-order valence-electron chi connectivity index (χ4n) is 3.29. The summed E-state index contributed by atoms with van der Waals surface area (Å²) in [6, 6.07) is 14.9. The molecule has 0 aliphatic carbocycles. The summed E-state index contributed by atoms with van der Waals surface area (Å²) in [5.41, 5.74) is 1.32. The van der Waals surface area contributed by atoms with Crippen LogP contribution in [0.1, 0.15) is 18.4 Å². The zero-order valence-electron chi connectivity index (χ0n) is 13.2. The number of carbonyl (C=O) groups excluding carboxylic acids is 1. The van der Waals surface area contributed by atoms with Gasteiger partial charge in [0.2, 0.25) is 5.91 Å². The van der Waals surface area contributed by atoms with Crippen LogP contribution in [-0.4, -0.2) is 37.5 Å². The number of amides is 1. The van der Waals surface area contributed by atoms with Crippen LogP contribution >= 0.6 is 0 Å². The van der Waals surface area contributed by atoms with Gasteiger partial charge in [-0.2, -0.15) is 0 Å². The maximum Gasteiger partial charge on any atom is 0.225 e. The van der Waals surface area contributed by atoms with Crippen molar-refractivity contribution in [2.45, 2.75) is 19.3 Å². The molecule has 0 aromatic heterocycles. The molecular weight excluding hydrogens is 272 g/mol. The minimum atomic E-state index is 0.207. The van der Waals surface area contributed by atoms with E-state index in [9.17, 15) is 4.79 Å². The Hall–Kier alpha value is -1.87. The lowest BCUT2D eigenvalue weighted by Gasteiger charge is -2.27. The van der Waals surface area contributed by atoms with Gasteiger partial charge in [0.05, 0.1) is 0 Å². The van der Waals surface area contributed by atoms with Gasteiger partial charge in [0.1, 0.15) is 0 Å². The molecule has 0 spiro atoms. The number of benzene rings is 2. The highest BCUT2D eigenvalue weighted by molar-refractivity contribution is 5.85. The minimum absolute atomic E-state index is 0.207. The van der Waals surface area contributed by atoms with Crippen molar-refractivity contribution in [2.24, 2.45) is 5.92 Å². The number of hydrogen-bond acceptors (Lipinski definition) is 2. The Morgan fingerprint density at radius 2 is 1.86 bits per heavy atom. The van der Waals surface area contributed by atoms with Gasteiger partial charge in [-0.05, 0) is 48.7 Å². The molecule has 0 atom stereocenters. The molecule has 1 fully saturated rings. The van der Waals surface area contributed by atoms with E-state index in [0.29, 0.717) is 5.91 Å². The summed E-state index contributed by atoms with van der Waals surface area (Å²) in [7, 11) is 1.94. The van der Waals surface area contributed by atoms with E-state index in [1.54, 1.807) is 0 Å². The molecule has 0 bridgehead atoms. The van der Waals surface area contributed by atoms with Gasteiger partial charge < -0.3 is 10.2 Å². The molecule has 2 aromatic rings. The molecule has 1 heterocycles. The molecule has 1 aliphatic rings. The summed E-state index contributed by atoms with van der Waals surface area (Å²) in [4.78, 5) is 14.4. The molecule has 1 saturated heterocycles. The number of nitrogens with zero attached hydrogens (tertiary/aromatic N) is 1. The van der Waals surface area contributed by atoms with Crippen LogP contribution < -0.4 is 5.32 Å². The summed E-state index contributed by atoms with van der Waals surface area (Å²) in [5, 5.41) is 5.89. The van der Waals surface area contributed by atoms with Crippen molar-refractivity contribution >= 4 is 16.7 Å². The first-order chi connectivity index (χ1) is 10.8. The average molecular weight is 296 g/mol. The molecular formula is C19H24N2O. The van der Waals surface area contributed by atoms with Gasteiger partial charge in [0, 0.05) is 19.5 Å². The Kier molecular flexibility index (Phi) is 4.74. The summed E-state index contributed by atoms with van der Waals surface area (Å²) in [5.74, 6) is 0.514. The molecule has 22 heavy (non-hydrogen) atoms. The van der Waals surface area contributed by atoms with E-state index in [1.807, 2.05) is 11.9 Å². The van der Waals surface area contributed by atoms with Gasteiger partial charge in [-0.1, -0.05) is 42.5 Å². The second-order valence-electron chi connectivity index (χ2n) is 6.17. The van der Waals surface area contributed by atoms with Crippen molar-refractivity contribution in [3.8, 4) is 0 Å². The largest absolute Gasteiger partial charge is 0.345 e. The quantitative estimate of drug-likeness (QED) is 0.941. The first-order valence-corrected chi connectivity index (χ1v) is 8.18. The Morgan fingerprint density at radius 1 is 1.14 bits per heavy atom. The predicted molar refractivity (Wildman–Crippen MR) is 90.9 cm³/mol. The van der Waals surface area contributed by atoms with E-state index in [0.717, 1.165) is 38.9 Å². The number of likely N-dealkylation sites (N-methyl/N-ethyl adjacent to an activating group) is 1. The number of nitrogens with one attached hydrogen (secondary N) is 1. The van der Waals surface area contributed by atoms with Crippen LogP contribution in [0.15, 0.2) is 42.5 Å². The normalized spacial score (nSPS) is 15.9. The van der Waals surface area contributed by atoms with Crippen LogP contribution in [0.3, 0.4) is 0 Å². The molecule has 0 saturated carbocycles. The number of piperidine rings is 1. The molecule has 3 rings (SSSR count). The van der Waals surface area contributed by atoms with Gasteiger partial charge in [-0.3, -0.25) is 4.79 Å². The van der Waals surface area contributed by atoms with Gasteiger partial charge in [-0.25, -0.2) is 0 Å². The SMILES string of the molecule is CN(CCc1cccc2ccccc12)C(=O)C1CCNCC1. The number of fused-ring (bicyclic) bond motifs is 1. The molecule has 1 amide bonds. The van der Waals surface area contributed by atoms with E-state index in [2.05, 4.69) is 47.8 Å². The third-order valence-electron chi connectivity index (χ3n) is 4.66. The smallest absolute Gasteiger partial charge is 0.225 e. The highest BCUT2D eigenvalue weighted by Crippen LogP contribution is 2.20. The molecule has 116 valence electrons. The third-order valence-corrected chi connectivity index (χ3v) is 4.66. The van der Waals surface area contributed by atoms with E-state index >= 15 is 0 Å². The number of carbonyl (C=O) groups is 1. The van der Waals surface area contributed by atoms with E-state index in [4.69, 9.17) is 0 Å². The maximum atomic E-state index is 12.5. The fourth-order valence-corrected chi connectivity index (χ4v) is 3.29. The molecule has 0 unspecified atom stereocenters. The van der Waals surface area contributed by atoms with Crippen molar-refractivity contribution in [1.29, 1.82) is 0 Å². The molecule has 0 radical (unpaired) electrons. The third kappa shape index (κ3) is 3.30. The first kappa shape index (κ1) is 15.0. The minimum Gasteiger partial charge on any atom is -0.345 e. The monoisotopic (exact) mass is 296 g/mol. The zero-order valence-corrected chi connectivity index (χ0v) is 13.2. The van der Waals surface area contributed by atoms with Gasteiger partial charge >= 0.3 is 0 Å². The average Bonchev–Trinajstić information content (AvgIpc) is 2.59. The van der Waals surface area contributed by atoms with Crippen molar-refractivity contribution in [2.75, 3.05) is 26.7 Å². The fraction of sp³-hybridized carbons (Fsp3) is 0.421. The lowest BCUT2D eigenvalue weighted by molar-refractivity contribution is -0.134. The van der Waals surface area contributed by atoms with Gasteiger partial charge in [-0.15, -0.1) is 0 Å². The second-order valence-corrected chi connectivity index (χ2v) is 6.17. The van der Waals surface area contributed by atoms with Crippen LogP contribution in [0.25, 0.3) is 10.8 Å². The Morgan fingerprint density at radius 3 is 2.68 bits per heavy atom. The van der Waals surface area contributed by atoms with Crippen molar-refractivity contribution < 1.29 is 4.79 Å².